The molecule has 4 aromatic rings. The van der Waals surface area contributed by atoms with Crippen LogP contribution >= 0.6 is 0 Å². The van der Waals surface area contributed by atoms with Crippen LogP contribution in [0.15, 0.2) is 60.7 Å². The molecule has 13 heteroatoms. The number of H-pyrrole nitrogens is 1. The van der Waals surface area contributed by atoms with Crippen LogP contribution in [0, 0.1) is 5.82 Å². The molecule has 0 unspecified atom stereocenters. The standard InChI is InChI=1S/C33H39FN8O4/c1-33(2,3)46-32(44)41-15-13-23(14-16-41)42(17-18-45-4)29-20-22(21-30(43)36-27-12-8-7-11-26(27)34)19-28(35-29)24-9-5-6-10-25(24)31-37-39-40-38-31/h5-12,19-20,23H,13-18,21H2,1-4H3,(H,36,43)(H,37,38,39,40). The summed E-state index contributed by atoms with van der Waals surface area (Å²) in [4.78, 5) is 34.9. The highest BCUT2D eigenvalue weighted by molar-refractivity contribution is 5.92. The molecule has 12 nitrogen and oxygen atoms in total. The van der Waals surface area contributed by atoms with E-state index in [1.54, 1.807) is 24.1 Å². The quantitative estimate of drug-likeness (QED) is 0.245. The van der Waals surface area contributed by atoms with Gasteiger partial charge in [0.2, 0.25) is 11.7 Å². The Kier molecular flexibility index (Phi) is 10.2. The smallest absolute Gasteiger partial charge is 0.410 e. The predicted octanol–water partition coefficient (Wildman–Crippen LogP) is 5.10. The zero-order chi connectivity index (χ0) is 32.7. The second kappa shape index (κ2) is 14.5. The van der Waals surface area contributed by atoms with Gasteiger partial charge < -0.3 is 24.6 Å². The summed E-state index contributed by atoms with van der Waals surface area (Å²) >= 11 is 0. The van der Waals surface area contributed by atoms with E-state index < -0.39 is 11.4 Å². The average Bonchev–Trinajstić information content (AvgIpc) is 3.57. The van der Waals surface area contributed by atoms with Crippen molar-refractivity contribution >= 4 is 23.5 Å². The molecule has 0 atom stereocenters. The van der Waals surface area contributed by atoms with Gasteiger partial charge in [-0.15, -0.1) is 10.2 Å². The summed E-state index contributed by atoms with van der Waals surface area (Å²) in [6, 6.07) is 17.4. The van der Waals surface area contributed by atoms with Crippen molar-refractivity contribution in [2.45, 2.75) is 51.7 Å². The molecule has 0 radical (unpaired) electrons. The number of benzene rings is 2. The van der Waals surface area contributed by atoms with Crippen molar-refractivity contribution in [3.05, 3.63) is 72.0 Å². The number of tetrazole rings is 1. The fraction of sp³-hybridized carbons (Fsp3) is 0.394. The van der Waals surface area contributed by atoms with Crippen molar-refractivity contribution in [2.75, 3.05) is 43.6 Å². The largest absolute Gasteiger partial charge is 0.444 e. The Balaban J connectivity index is 1.48. The van der Waals surface area contributed by atoms with Crippen LogP contribution in [-0.2, 0) is 20.7 Å². The van der Waals surface area contributed by atoms with Gasteiger partial charge >= 0.3 is 6.09 Å². The number of piperidine rings is 1. The summed E-state index contributed by atoms with van der Waals surface area (Å²) in [5.74, 6) is 0.188. The van der Waals surface area contributed by atoms with Gasteiger partial charge in [-0.2, -0.15) is 5.21 Å². The van der Waals surface area contributed by atoms with E-state index in [0.717, 1.165) is 11.1 Å². The molecule has 1 saturated heterocycles. The van der Waals surface area contributed by atoms with Gasteiger partial charge in [-0.1, -0.05) is 36.4 Å². The maximum absolute atomic E-state index is 14.3. The maximum atomic E-state index is 14.3. The van der Waals surface area contributed by atoms with Gasteiger partial charge in [0.05, 0.1) is 24.4 Å². The molecule has 5 rings (SSSR count). The number of halogens is 1. The molecule has 2 N–H and O–H groups in total. The molecule has 46 heavy (non-hydrogen) atoms. The molecule has 2 aromatic carbocycles. The van der Waals surface area contributed by atoms with Crippen LogP contribution in [0.3, 0.4) is 0 Å². The van der Waals surface area contributed by atoms with E-state index in [4.69, 9.17) is 14.5 Å². The highest BCUT2D eigenvalue weighted by Crippen LogP contribution is 2.32. The molecule has 2 amide bonds. The van der Waals surface area contributed by atoms with Crippen LogP contribution in [0.25, 0.3) is 22.6 Å². The number of anilines is 2. The van der Waals surface area contributed by atoms with Crippen LogP contribution in [-0.4, -0.2) is 87.5 Å². The van der Waals surface area contributed by atoms with E-state index in [-0.39, 0.29) is 30.2 Å². The Morgan fingerprint density at radius 3 is 2.46 bits per heavy atom. The molecule has 0 bridgehead atoms. The summed E-state index contributed by atoms with van der Waals surface area (Å²) < 4.78 is 25.4. The molecule has 1 fully saturated rings. The number of pyridine rings is 1. The minimum Gasteiger partial charge on any atom is -0.444 e. The molecule has 0 spiro atoms. The number of amides is 2. The molecule has 2 aromatic heterocycles. The Morgan fingerprint density at radius 2 is 1.78 bits per heavy atom. The summed E-state index contributed by atoms with van der Waals surface area (Å²) in [5, 5.41) is 17.2. The fourth-order valence-corrected chi connectivity index (χ4v) is 5.44. The fourth-order valence-electron chi connectivity index (χ4n) is 5.44. The first-order valence-corrected chi connectivity index (χ1v) is 15.2. The zero-order valence-electron chi connectivity index (χ0n) is 26.5. The van der Waals surface area contributed by atoms with E-state index in [0.29, 0.717) is 62.0 Å². The summed E-state index contributed by atoms with van der Waals surface area (Å²) in [7, 11) is 1.65. The lowest BCUT2D eigenvalue weighted by Crippen LogP contribution is -2.49. The highest BCUT2D eigenvalue weighted by Gasteiger charge is 2.31. The number of hydrogen-bond acceptors (Lipinski definition) is 9. The van der Waals surface area contributed by atoms with Gasteiger partial charge in [0.25, 0.3) is 0 Å². The number of para-hydroxylation sites is 1. The van der Waals surface area contributed by atoms with Gasteiger partial charge in [0, 0.05) is 43.9 Å². The Hall–Kier alpha value is -4.91. The lowest BCUT2D eigenvalue weighted by Gasteiger charge is -2.39. The van der Waals surface area contributed by atoms with Crippen LogP contribution in [0.4, 0.5) is 20.7 Å². The number of nitrogens with zero attached hydrogens (tertiary/aromatic N) is 6. The molecule has 3 heterocycles. The van der Waals surface area contributed by atoms with Crippen molar-refractivity contribution < 1.29 is 23.5 Å². The van der Waals surface area contributed by atoms with Gasteiger partial charge in [-0.3, -0.25) is 4.79 Å². The van der Waals surface area contributed by atoms with Gasteiger partial charge in [-0.25, -0.2) is 14.2 Å². The van der Waals surface area contributed by atoms with E-state index in [1.807, 2.05) is 57.2 Å². The summed E-state index contributed by atoms with van der Waals surface area (Å²) in [6.45, 7) is 7.61. The highest BCUT2D eigenvalue weighted by atomic mass is 19.1. The van der Waals surface area contributed by atoms with Crippen molar-refractivity contribution in [3.8, 4) is 22.6 Å². The van der Waals surface area contributed by atoms with Crippen LogP contribution < -0.4 is 10.2 Å². The lowest BCUT2D eigenvalue weighted by atomic mass is 10.00. The molecule has 1 aliphatic heterocycles. The van der Waals surface area contributed by atoms with Crippen molar-refractivity contribution in [1.29, 1.82) is 0 Å². The molecular weight excluding hydrogens is 591 g/mol. The number of aromatic amines is 1. The lowest BCUT2D eigenvalue weighted by molar-refractivity contribution is -0.115. The Bertz CT molecular complexity index is 1630. The van der Waals surface area contributed by atoms with Gasteiger partial charge in [0.15, 0.2) is 0 Å². The topological polar surface area (TPSA) is 138 Å². The minimum absolute atomic E-state index is 0.0174. The number of nitrogens with one attached hydrogen (secondary N) is 2. The number of hydrogen-bond donors (Lipinski definition) is 2. The normalized spacial score (nSPS) is 13.8. The number of methoxy groups -OCH3 is 1. The third-order valence-electron chi connectivity index (χ3n) is 7.56. The van der Waals surface area contributed by atoms with Crippen LogP contribution in [0.5, 0.6) is 0 Å². The van der Waals surface area contributed by atoms with E-state index in [2.05, 4.69) is 30.8 Å². The summed E-state index contributed by atoms with van der Waals surface area (Å²) in [5.41, 5.74) is 2.31. The zero-order valence-corrected chi connectivity index (χ0v) is 26.5. The second-order valence-corrected chi connectivity index (χ2v) is 12.1. The van der Waals surface area contributed by atoms with Crippen molar-refractivity contribution in [2.24, 2.45) is 0 Å². The monoisotopic (exact) mass is 630 g/mol. The Morgan fingerprint density at radius 1 is 1.07 bits per heavy atom. The number of carbonyl (C=O) groups excluding carboxylic acids is 2. The minimum atomic E-state index is -0.574. The van der Waals surface area contributed by atoms with Gasteiger partial charge in [0.1, 0.15) is 17.2 Å². The van der Waals surface area contributed by atoms with E-state index >= 15 is 0 Å². The predicted molar refractivity (Wildman–Crippen MR) is 172 cm³/mol. The summed E-state index contributed by atoms with van der Waals surface area (Å²) in [6.07, 6.45) is 1.04. The second-order valence-electron chi connectivity index (χ2n) is 12.1. The van der Waals surface area contributed by atoms with Crippen molar-refractivity contribution in [3.63, 3.8) is 0 Å². The van der Waals surface area contributed by atoms with Crippen LogP contribution in [0.2, 0.25) is 0 Å². The number of carbonyl (C=O) groups is 2. The number of rotatable bonds is 10. The Labute approximate surface area is 267 Å². The molecular formula is C33H39FN8O4. The first kappa shape index (κ1) is 32.5. The van der Waals surface area contributed by atoms with Crippen LogP contribution in [0.1, 0.15) is 39.2 Å². The average molecular weight is 631 g/mol. The number of ether oxygens (including phenoxy) is 2. The molecule has 0 saturated carbocycles. The number of likely N-dealkylation sites (tertiary alicyclic amines) is 1. The molecule has 242 valence electrons. The van der Waals surface area contributed by atoms with Crippen molar-refractivity contribution in [1.82, 2.24) is 30.5 Å². The first-order chi connectivity index (χ1) is 22.1. The number of aromatic nitrogens is 5. The maximum Gasteiger partial charge on any atom is 0.410 e. The molecule has 1 aliphatic rings. The first-order valence-electron chi connectivity index (χ1n) is 15.2. The van der Waals surface area contributed by atoms with Gasteiger partial charge in [-0.05, 0) is 68.7 Å². The van der Waals surface area contributed by atoms with E-state index in [1.165, 1.54) is 12.1 Å². The third-order valence-corrected chi connectivity index (χ3v) is 7.56. The van der Waals surface area contributed by atoms with E-state index in [9.17, 15) is 14.0 Å². The third kappa shape index (κ3) is 8.21. The SMILES string of the molecule is COCCN(c1cc(CC(=O)Nc2ccccc2F)cc(-c2ccccc2-c2nn[nH]n2)n1)C1CCN(C(=O)OC(C)(C)C)CC1. The molecule has 0 aliphatic carbocycles.